The Hall–Kier alpha value is -2.39. The molecule has 0 saturated heterocycles. The van der Waals surface area contributed by atoms with Gasteiger partial charge in [-0.2, -0.15) is 0 Å². The zero-order valence-electron chi connectivity index (χ0n) is 19.9. The summed E-state index contributed by atoms with van der Waals surface area (Å²) in [6.07, 6.45) is 14.3. The average molecular weight is 471 g/mol. The summed E-state index contributed by atoms with van der Waals surface area (Å²) in [6.45, 7) is 3.03. The van der Waals surface area contributed by atoms with E-state index in [-0.39, 0.29) is 31.0 Å². The SMILES string of the molecule is O=c1n(-c2ccc(OC3C=CCC3)cc2)ccn1C1CCC(NCCN(CCO)CCO)CC1. The van der Waals surface area contributed by atoms with E-state index in [0.29, 0.717) is 19.1 Å². The molecule has 1 aromatic heterocycles. The van der Waals surface area contributed by atoms with Crippen molar-refractivity contribution >= 4 is 0 Å². The molecule has 0 bridgehead atoms. The zero-order valence-corrected chi connectivity index (χ0v) is 19.9. The van der Waals surface area contributed by atoms with E-state index in [4.69, 9.17) is 14.9 Å². The molecule has 1 unspecified atom stereocenters. The van der Waals surface area contributed by atoms with Crippen LogP contribution in [-0.2, 0) is 0 Å². The molecule has 0 spiro atoms. The lowest BCUT2D eigenvalue weighted by Gasteiger charge is -2.30. The van der Waals surface area contributed by atoms with Crippen LogP contribution in [-0.4, -0.2) is 75.8 Å². The predicted molar refractivity (Wildman–Crippen MR) is 133 cm³/mol. The lowest BCUT2D eigenvalue weighted by Crippen LogP contribution is -2.41. The molecular formula is C26H38N4O4. The first-order valence-corrected chi connectivity index (χ1v) is 12.6. The first-order chi connectivity index (χ1) is 16.7. The molecule has 1 aromatic carbocycles. The largest absolute Gasteiger partial charge is 0.486 e. The third-order valence-electron chi connectivity index (χ3n) is 6.96. The van der Waals surface area contributed by atoms with Crippen molar-refractivity contribution in [1.82, 2.24) is 19.4 Å². The van der Waals surface area contributed by atoms with Crippen molar-refractivity contribution in [1.29, 1.82) is 0 Å². The first-order valence-electron chi connectivity index (χ1n) is 12.6. The van der Waals surface area contributed by atoms with Crippen LogP contribution in [0.3, 0.4) is 0 Å². The highest BCUT2D eigenvalue weighted by atomic mass is 16.5. The van der Waals surface area contributed by atoms with Crippen LogP contribution in [0.1, 0.15) is 44.6 Å². The molecule has 0 radical (unpaired) electrons. The van der Waals surface area contributed by atoms with Gasteiger partial charge < -0.3 is 20.3 Å². The molecule has 34 heavy (non-hydrogen) atoms. The summed E-state index contributed by atoms with van der Waals surface area (Å²) in [7, 11) is 0. The number of imidazole rings is 1. The lowest BCUT2D eigenvalue weighted by molar-refractivity contribution is 0.159. The molecule has 8 nitrogen and oxygen atoms in total. The smallest absolute Gasteiger partial charge is 0.332 e. The summed E-state index contributed by atoms with van der Waals surface area (Å²) in [4.78, 5) is 15.2. The molecule has 2 aliphatic rings. The fourth-order valence-electron chi connectivity index (χ4n) is 5.03. The number of allylic oxidation sites excluding steroid dienone is 1. The maximum absolute atomic E-state index is 13.1. The Bertz CT molecular complexity index is 954. The number of nitrogens with one attached hydrogen (secondary N) is 1. The maximum atomic E-state index is 13.1. The normalized spacial score (nSPS) is 22.5. The van der Waals surface area contributed by atoms with E-state index in [2.05, 4.69) is 22.4 Å². The minimum Gasteiger partial charge on any atom is -0.486 e. The maximum Gasteiger partial charge on any atom is 0.332 e. The van der Waals surface area contributed by atoms with Gasteiger partial charge in [-0.1, -0.05) is 6.08 Å². The Labute approximate surface area is 201 Å². The van der Waals surface area contributed by atoms with Crippen LogP contribution in [0.4, 0.5) is 0 Å². The van der Waals surface area contributed by atoms with Crippen molar-refractivity contribution in [2.45, 2.75) is 56.7 Å². The van der Waals surface area contributed by atoms with E-state index in [1.54, 1.807) is 4.57 Å². The second-order valence-corrected chi connectivity index (χ2v) is 9.26. The third kappa shape index (κ3) is 6.39. The van der Waals surface area contributed by atoms with Gasteiger partial charge in [0, 0.05) is 50.7 Å². The number of hydrogen-bond donors (Lipinski definition) is 3. The second kappa shape index (κ2) is 12.4. The van der Waals surface area contributed by atoms with Crippen LogP contribution in [0.25, 0.3) is 5.69 Å². The van der Waals surface area contributed by atoms with Gasteiger partial charge in [-0.3, -0.25) is 14.0 Å². The molecule has 1 atom stereocenters. The third-order valence-corrected chi connectivity index (χ3v) is 6.96. The Morgan fingerprint density at radius 2 is 1.71 bits per heavy atom. The van der Waals surface area contributed by atoms with E-state index >= 15 is 0 Å². The highest BCUT2D eigenvalue weighted by Crippen LogP contribution is 2.28. The molecule has 1 fully saturated rings. The van der Waals surface area contributed by atoms with Crippen LogP contribution in [0, 0.1) is 0 Å². The summed E-state index contributed by atoms with van der Waals surface area (Å²) >= 11 is 0. The number of benzene rings is 1. The molecule has 0 amide bonds. The minimum absolute atomic E-state index is 0.00690. The van der Waals surface area contributed by atoms with Crippen molar-refractivity contribution in [2.24, 2.45) is 0 Å². The average Bonchev–Trinajstić information content (AvgIpc) is 3.50. The number of nitrogens with zero attached hydrogens (tertiary/aromatic N) is 3. The number of aromatic nitrogens is 2. The molecular weight excluding hydrogens is 432 g/mol. The van der Waals surface area contributed by atoms with Gasteiger partial charge in [-0.25, -0.2) is 4.79 Å². The van der Waals surface area contributed by atoms with Crippen molar-refractivity contribution in [3.05, 3.63) is 59.3 Å². The van der Waals surface area contributed by atoms with Crippen molar-refractivity contribution < 1.29 is 14.9 Å². The summed E-state index contributed by atoms with van der Waals surface area (Å²) in [5.74, 6) is 0.828. The number of aliphatic hydroxyl groups excluding tert-OH is 2. The Morgan fingerprint density at radius 1 is 0.971 bits per heavy atom. The van der Waals surface area contributed by atoms with Gasteiger partial charge in [0.2, 0.25) is 0 Å². The van der Waals surface area contributed by atoms with Crippen LogP contribution in [0.5, 0.6) is 5.75 Å². The van der Waals surface area contributed by atoms with Gasteiger partial charge in [0.05, 0.1) is 18.9 Å². The number of ether oxygens (including phenoxy) is 1. The molecule has 8 heteroatoms. The molecule has 1 heterocycles. The number of hydrogen-bond acceptors (Lipinski definition) is 6. The van der Waals surface area contributed by atoms with Crippen molar-refractivity contribution in [2.75, 3.05) is 39.4 Å². The van der Waals surface area contributed by atoms with Crippen LogP contribution >= 0.6 is 0 Å². The monoisotopic (exact) mass is 470 g/mol. The summed E-state index contributed by atoms with van der Waals surface area (Å²) < 4.78 is 9.55. The predicted octanol–water partition coefficient (Wildman–Crippen LogP) is 2.10. The first kappa shape index (κ1) is 24.7. The molecule has 2 aliphatic carbocycles. The molecule has 1 saturated carbocycles. The summed E-state index contributed by atoms with van der Waals surface area (Å²) in [5.41, 5.74) is 0.858. The fraction of sp³-hybridized carbons (Fsp3) is 0.577. The highest BCUT2D eigenvalue weighted by Gasteiger charge is 2.24. The van der Waals surface area contributed by atoms with Gasteiger partial charge in [-0.05, 0) is 68.9 Å². The van der Waals surface area contributed by atoms with Crippen LogP contribution < -0.4 is 15.7 Å². The van der Waals surface area contributed by atoms with Crippen molar-refractivity contribution in [3.63, 3.8) is 0 Å². The summed E-state index contributed by atoms with van der Waals surface area (Å²) in [5, 5.41) is 21.9. The molecule has 4 rings (SSSR count). The van der Waals surface area contributed by atoms with Gasteiger partial charge in [-0.15, -0.1) is 0 Å². The van der Waals surface area contributed by atoms with E-state index in [0.717, 1.165) is 63.1 Å². The Balaban J connectivity index is 1.27. The van der Waals surface area contributed by atoms with Crippen molar-refractivity contribution in [3.8, 4) is 11.4 Å². The number of rotatable bonds is 12. The zero-order chi connectivity index (χ0) is 23.8. The van der Waals surface area contributed by atoms with E-state index in [9.17, 15) is 4.79 Å². The molecule has 2 aromatic rings. The Morgan fingerprint density at radius 3 is 2.35 bits per heavy atom. The van der Waals surface area contributed by atoms with Gasteiger partial charge >= 0.3 is 5.69 Å². The van der Waals surface area contributed by atoms with Gasteiger partial charge in [0.1, 0.15) is 11.9 Å². The van der Waals surface area contributed by atoms with E-state index in [1.807, 2.05) is 41.2 Å². The van der Waals surface area contributed by atoms with Crippen LogP contribution in [0.15, 0.2) is 53.6 Å². The molecule has 3 N–H and O–H groups in total. The Kier molecular flexibility index (Phi) is 8.98. The van der Waals surface area contributed by atoms with Gasteiger partial charge in [0.15, 0.2) is 0 Å². The van der Waals surface area contributed by atoms with Gasteiger partial charge in [0.25, 0.3) is 0 Å². The molecule has 0 aliphatic heterocycles. The lowest BCUT2D eigenvalue weighted by atomic mass is 9.91. The standard InChI is InChI=1S/C26H38N4O4/c31-19-17-28(18-20-32)14-13-27-21-5-7-22(8-6-21)29-15-16-30(26(29)33)23-9-11-25(12-10-23)34-24-3-1-2-4-24/h1,3,9-12,15-16,21-22,24,27,31-32H,2,4-8,13-14,17-20H2. The molecule has 186 valence electrons. The second-order valence-electron chi connectivity index (χ2n) is 9.26. The van der Waals surface area contributed by atoms with Crippen LogP contribution in [0.2, 0.25) is 0 Å². The quantitative estimate of drug-likeness (QED) is 0.412. The van der Waals surface area contributed by atoms with E-state index < -0.39 is 0 Å². The topological polar surface area (TPSA) is 91.9 Å². The summed E-state index contributed by atoms with van der Waals surface area (Å²) in [6, 6.07) is 8.43. The van der Waals surface area contributed by atoms with E-state index in [1.165, 1.54) is 0 Å². The fourth-order valence-corrected chi connectivity index (χ4v) is 5.03. The highest BCUT2D eigenvalue weighted by molar-refractivity contribution is 5.37. The minimum atomic E-state index is 0.00690. The number of aliphatic hydroxyl groups is 2.